The lowest BCUT2D eigenvalue weighted by atomic mass is 9.98. The Morgan fingerprint density at radius 2 is 1.85 bits per heavy atom. The number of carbonyl (C=O) groups excluding carboxylic acids is 2. The Bertz CT molecular complexity index is 1170. The fourth-order valence-electron chi connectivity index (χ4n) is 4.55. The highest BCUT2D eigenvalue weighted by atomic mass is 32.2. The zero-order valence-electron chi connectivity index (χ0n) is 19.5. The zero-order valence-corrected chi connectivity index (χ0v) is 20.3. The van der Waals surface area contributed by atoms with E-state index in [1.807, 2.05) is 0 Å². The second-order valence-electron chi connectivity index (χ2n) is 9.37. The van der Waals surface area contributed by atoms with Gasteiger partial charge in [-0.3, -0.25) is 9.59 Å². The van der Waals surface area contributed by atoms with Crippen molar-refractivity contribution >= 4 is 27.5 Å². The van der Waals surface area contributed by atoms with Crippen LogP contribution in [0.1, 0.15) is 48.7 Å². The summed E-state index contributed by atoms with van der Waals surface area (Å²) in [5.74, 6) is -0.814. The monoisotopic (exact) mass is 490 g/mol. The van der Waals surface area contributed by atoms with E-state index in [4.69, 9.17) is 0 Å². The molecule has 2 aliphatic rings. The van der Waals surface area contributed by atoms with Crippen LogP contribution in [-0.4, -0.2) is 60.6 Å². The third-order valence-corrected chi connectivity index (χ3v) is 8.64. The van der Waals surface area contributed by atoms with Crippen LogP contribution in [0.2, 0.25) is 0 Å². The molecule has 4 rings (SSSR count). The largest absolute Gasteiger partial charge is 0.356 e. The number of aromatic amines is 1. The first-order valence-corrected chi connectivity index (χ1v) is 13.1. The van der Waals surface area contributed by atoms with Crippen LogP contribution < -0.4 is 5.32 Å². The molecule has 2 saturated heterocycles. The first kappa shape index (κ1) is 24.4. The second kappa shape index (κ2) is 9.87. The van der Waals surface area contributed by atoms with Crippen molar-refractivity contribution in [1.29, 1.82) is 0 Å². The predicted octanol–water partition coefficient (Wildman–Crippen LogP) is 3.37. The molecule has 0 radical (unpaired) electrons. The summed E-state index contributed by atoms with van der Waals surface area (Å²) in [4.78, 5) is 30.2. The number of amides is 2. The molecule has 1 aromatic carbocycles. The van der Waals surface area contributed by atoms with E-state index in [0.717, 1.165) is 12.8 Å². The third kappa shape index (κ3) is 5.17. The van der Waals surface area contributed by atoms with Crippen molar-refractivity contribution in [3.8, 4) is 0 Å². The van der Waals surface area contributed by atoms with Crippen molar-refractivity contribution in [2.24, 2.45) is 11.8 Å². The van der Waals surface area contributed by atoms with Crippen LogP contribution in [0.5, 0.6) is 0 Å². The molecule has 0 aliphatic carbocycles. The highest BCUT2D eigenvalue weighted by molar-refractivity contribution is 7.89. The van der Waals surface area contributed by atoms with Gasteiger partial charge in [-0.1, -0.05) is 6.92 Å². The molecular formula is C24H31FN4O4S. The number of benzene rings is 1. The highest BCUT2D eigenvalue weighted by Crippen LogP contribution is 2.27. The van der Waals surface area contributed by atoms with Gasteiger partial charge in [0.2, 0.25) is 15.9 Å². The maximum absolute atomic E-state index is 13.3. The van der Waals surface area contributed by atoms with E-state index in [0.29, 0.717) is 49.6 Å². The zero-order chi connectivity index (χ0) is 24.5. The van der Waals surface area contributed by atoms with E-state index in [-0.39, 0.29) is 34.8 Å². The fraction of sp³-hybridized carbons (Fsp3) is 0.500. The van der Waals surface area contributed by atoms with E-state index in [9.17, 15) is 22.4 Å². The molecule has 2 N–H and O–H groups in total. The van der Waals surface area contributed by atoms with Crippen LogP contribution in [0.15, 0.2) is 35.4 Å². The number of hydrogen-bond acceptors (Lipinski definition) is 4. The van der Waals surface area contributed by atoms with Crippen LogP contribution in [0.4, 0.5) is 10.1 Å². The Morgan fingerprint density at radius 1 is 1.12 bits per heavy atom. The number of hydrogen-bond donors (Lipinski definition) is 2. The third-order valence-electron chi connectivity index (χ3n) is 6.80. The molecule has 3 heterocycles. The first-order valence-electron chi connectivity index (χ1n) is 11.7. The topological polar surface area (TPSA) is 103 Å². The Labute approximate surface area is 199 Å². The molecule has 0 saturated carbocycles. The molecule has 2 aromatic rings. The number of H-pyrrole nitrogens is 1. The van der Waals surface area contributed by atoms with Gasteiger partial charge < -0.3 is 15.2 Å². The summed E-state index contributed by atoms with van der Waals surface area (Å²) in [6.45, 7) is 5.54. The van der Waals surface area contributed by atoms with Gasteiger partial charge in [-0.2, -0.15) is 4.31 Å². The van der Waals surface area contributed by atoms with E-state index >= 15 is 0 Å². The molecule has 2 fully saturated rings. The van der Waals surface area contributed by atoms with Crippen LogP contribution in [-0.2, 0) is 14.8 Å². The smallest absolute Gasteiger partial charge is 0.270 e. The van der Waals surface area contributed by atoms with Crippen molar-refractivity contribution in [2.45, 2.75) is 44.4 Å². The van der Waals surface area contributed by atoms with Crippen molar-refractivity contribution in [3.05, 3.63) is 47.5 Å². The molecule has 184 valence electrons. The summed E-state index contributed by atoms with van der Waals surface area (Å²) in [7, 11) is -3.87. The van der Waals surface area contributed by atoms with Gasteiger partial charge in [0, 0.05) is 38.1 Å². The van der Waals surface area contributed by atoms with Crippen LogP contribution >= 0.6 is 0 Å². The van der Waals surface area contributed by atoms with Gasteiger partial charge >= 0.3 is 0 Å². The summed E-state index contributed by atoms with van der Waals surface area (Å²) < 4.78 is 41.2. The quantitative estimate of drug-likeness (QED) is 0.671. The van der Waals surface area contributed by atoms with Gasteiger partial charge in [0.25, 0.3) is 5.91 Å². The van der Waals surface area contributed by atoms with Crippen molar-refractivity contribution < 1.29 is 22.4 Å². The summed E-state index contributed by atoms with van der Waals surface area (Å²) in [5, 5.41) is 2.79. The summed E-state index contributed by atoms with van der Waals surface area (Å²) in [6, 6.07) is 5.50. The van der Waals surface area contributed by atoms with E-state index in [1.165, 1.54) is 34.8 Å². The molecule has 8 nitrogen and oxygen atoms in total. The standard InChI is InChI=1S/C24H31FN4O4S/c1-16-7-10-28(11-8-16)24(31)22-13-20(14-26-22)34(32,33)29-9-3-4-18(15-29)23(30)27-21-6-5-19(25)12-17(21)2/h5-6,12-14,16,18,26H,3-4,7-11,15H2,1-2H3,(H,27,30)/t18-/m1/s1. The van der Waals surface area contributed by atoms with Gasteiger partial charge in [0.05, 0.1) is 5.92 Å². The number of piperidine rings is 2. The normalized spacial score (nSPS) is 20.3. The first-order chi connectivity index (χ1) is 16.1. The maximum Gasteiger partial charge on any atom is 0.270 e. The Balaban J connectivity index is 1.43. The van der Waals surface area contributed by atoms with Gasteiger partial charge in [-0.25, -0.2) is 12.8 Å². The summed E-state index contributed by atoms with van der Waals surface area (Å²) >= 11 is 0. The average Bonchev–Trinajstić information content (AvgIpc) is 3.32. The average molecular weight is 491 g/mol. The van der Waals surface area contributed by atoms with Crippen LogP contribution in [0.25, 0.3) is 0 Å². The summed E-state index contributed by atoms with van der Waals surface area (Å²) in [5.41, 5.74) is 1.36. The Hall–Kier alpha value is -2.72. The van der Waals surface area contributed by atoms with E-state index in [1.54, 1.807) is 11.8 Å². The lowest BCUT2D eigenvalue weighted by molar-refractivity contribution is -0.120. The molecule has 2 aliphatic heterocycles. The molecule has 1 aromatic heterocycles. The molecular weight excluding hydrogens is 459 g/mol. The molecule has 10 heteroatoms. The number of nitrogens with one attached hydrogen (secondary N) is 2. The van der Waals surface area contributed by atoms with Crippen LogP contribution in [0.3, 0.4) is 0 Å². The Morgan fingerprint density at radius 3 is 2.56 bits per heavy atom. The number of anilines is 1. The number of rotatable bonds is 5. The molecule has 34 heavy (non-hydrogen) atoms. The Kier molecular flexibility index (Phi) is 7.09. The van der Waals surface area contributed by atoms with Crippen molar-refractivity contribution in [2.75, 3.05) is 31.5 Å². The van der Waals surface area contributed by atoms with Crippen molar-refractivity contribution in [3.63, 3.8) is 0 Å². The molecule has 0 unspecified atom stereocenters. The van der Waals surface area contributed by atoms with E-state index in [2.05, 4.69) is 17.2 Å². The minimum atomic E-state index is -3.87. The van der Waals surface area contributed by atoms with Gasteiger partial charge in [-0.15, -0.1) is 0 Å². The number of carbonyl (C=O) groups is 2. The number of halogens is 1. The lowest BCUT2D eigenvalue weighted by Crippen LogP contribution is -2.43. The number of aryl methyl sites for hydroxylation is 1. The SMILES string of the molecule is Cc1cc(F)ccc1NC(=O)[C@@H]1CCCN(S(=O)(=O)c2c[nH]c(C(=O)N3CCC(C)CC3)c2)C1. The number of nitrogens with zero attached hydrogens (tertiary/aromatic N) is 2. The highest BCUT2D eigenvalue weighted by Gasteiger charge is 2.34. The molecule has 1 atom stereocenters. The molecule has 0 bridgehead atoms. The molecule has 0 spiro atoms. The van der Waals surface area contributed by atoms with Gasteiger partial charge in [-0.05, 0) is 68.4 Å². The minimum absolute atomic E-state index is 0.0247. The summed E-state index contributed by atoms with van der Waals surface area (Å²) in [6.07, 6.45) is 4.32. The molecule has 2 amide bonds. The number of likely N-dealkylation sites (tertiary alicyclic amines) is 1. The minimum Gasteiger partial charge on any atom is -0.356 e. The van der Waals surface area contributed by atoms with Gasteiger partial charge in [0.15, 0.2) is 0 Å². The predicted molar refractivity (Wildman–Crippen MR) is 126 cm³/mol. The number of sulfonamides is 1. The lowest BCUT2D eigenvalue weighted by Gasteiger charge is -2.31. The fourth-order valence-corrected chi connectivity index (χ4v) is 6.07. The van der Waals surface area contributed by atoms with Crippen LogP contribution in [0, 0.1) is 24.6 Å². The van der Waals surface area contributed by atoms with Gasteiger partial charge in [0.1, 0.15) is 16.4 Å². The number of aromatic nitrogens is 1. The van der Waals surface area contributed by atoms with Crippen molar-refractivity contribution in [1.82, 2.24) is 14.2 Å². The van der Waals surface area contributed by atoms with E-state index < -0.39 is 15.9 Å². The second-order valence-corrected chi connectivity index (χ2v) is 11.3. The maximum atomic E-state index is 13.3.